The highest BCUT2D eigenvalue weighted by Crippen LogP contribution is 2.63. The van der Waals surface area contributed by atoms with Crippen molar-refractivity contribution >= 4 is 23.4 Å². The van der Waals surface area contributed by atoms with Crippen molar-refractivity contribution in [2.45, 2.75) is 19.3 Å². The van der Waals surface area contributed by atoms with Gasteiger partial charge in [-0.25, -0.2) is 0 Å². The normalized spacial score (nSPS) is 26.7. The van der Waals surface area contributed by atoms with Crippen LogP contribution in [0.2, 0.25) is 0 Å². The Balaban J connectivity index is 2.14. The van der Waals surface area contributed by atoms with Crippen LogP contribution in [0.4, 0.5) is 0 Å². The summed E-state index contributed by atoms with van der Waals surface area (Å²) >= 11 is 5.81. The molecule has 1 aromatic carbocycles. The summed E-state index contributed by atoms with van der Waals surface area (Å²) in [6, 6.07) is 5.32. The number of ether oxygens (including phenoxy) is 1. The smallest absolute Gasteiger partial charge is 0.119 e. The molecule has 1 unspecified atom stereocenters. The van der Waals surface area contributed by atoms with Crippen molar-refractivity contribution < 1.29 is 4.74 Å². The van der Waals surface area contributed by atoms with Crippen LogP contribution in [-0.4, -0.2) is 19.9 Å². The Hall–Kier alpha value is -0.590. The number of aryl methyl sites for hydroxylation is 1. The van der Waals surface area contributed by atoms with Gasteiger partial charge in [-0.2, -0.15) is 0 Å². The molecule has 0 fully saturated rings. The molecular weight excluding hydrogens is 247 g/mol. The minimum Gasteiger partial charge on any atom is -0.497 e. The SMILES string of the molecule is COc1ccc2c(c1)CCC1=C2CCP1(C)=S. The molecule has 1 aliphatic heterocycles. The zero-order chi connectivity index (χ0) is 12.0. The lowest BCUT2D eigenvalue weighted by Gasteiger charge is -2.22. The van der Waals surface area contributed by atoms with Crippen molar-refractivity contribution in [1.29, 1.82) is 0 Å². The van der Waals surface area contributed by atoms with Crippen LogP contribution in [0.25, 0.3) is 5.57 Å². The first-order chi connectivity index (χ1) is 8.12. The monoisotopic (exact) mass is 264 g/mol. The van der Waals surface area contributed by atoms with Crippen molar-refractivity contribution in [3.63, 3.8) is 0 Å². The molecule has 0 spiro atoms. The molecule has 1 atom stereocenters. The summed E-state index contributed by atoms with van der Waals surface area (Å²) in [6.45, 7) is 2.32. The van der Waals surface area contributed by atoms with E-state index in [2.05, 4.69) is 24.9 Å². The maximum atomic E-state index is 5.81. The quantitative estimate of drug-likeness (QED) is 0.712. The van der Waals surface area contributed by atoms with Crippen LogP contribution in [-0.2, 0) is 18.2 Å². The first kappa shape index (κ1) is 11.5. The van der Waals surface area contributed by atoms with Crippen LogP contribution >= 0.6 is 6.04 Å². The fourth-order valence-electron chi connectivity index (χ4n) is 3.02. The number of methoxy groups -OCH3 is 1. The molecule has 3 rings (SSSR count). The highest BCUT2D eigenvalue weighted by molar-refractivity contribution is 8.16. The zero-order valence-corrected chi connectivity index (χ0v) is 12.0. The molecule has 90 valence electrons. The molecule has 0 aromatic heterocycles. The average molecular weight is 264 g/mol. The molecule has 1 aliphatic carbocycles. The minimum absolute atomic E-state index is 0.974. The maximum Gasteiger partial charge on any atom is 0.119 e. The topological polar surface area (TPSA) is 9.23 Å². The molecule has 0 bridgehead atoms. The Morgan fingerprint density at radius 3 is 2.82 bits per heavy atom. The Bertz CT molecular complexity index is 559. The van der Waals surface area contributed by atoms with E-state index < -0.39 is 6.04 Å². The molecule has 0 radical (unpaired) electrons. The van der Waals surface area contributed by atoms with E-state index in [1.807, 2.05) is 0 Å². The summed E-state index contributed by atoms with van der Waals surface area (Å²) < 4.78 is 5.30. The van der Waals surface area contributed by atoms with Gasteiger partial charge in [0.15, 0.2) is 0 Å². The van der Waals surface area contributed by atoms with Gasteiger partial charge >= 0.3 is 0 Å². The minimum atomic E-state index is -1.17. The number of rotatable bonds is 1. The van der Waals surface area contributed by atoms with Gasteiger partial charge in [0.25, 0.3) is 0 Å². The Morgan fingerprint density at radius 1 is 1.24 bits per heavy atom. The predicted octanol–water partition coefficient (Wildman–Crippen LogP) is 3.87. The summed E-state index contributed by atoms with van der Waals surface area (Å²) in [4.78, 5) is 0. The molecule has 0 N–H and O–H groups in total. The molecule has 0 saturated carbocycles. The number of hydrogen-bond donors (Lipinski definition) is 0. The highest BCUT2D eigenvalue weighted by atomic mass is 32.4. The van der Waals surface area contributed by atoms with E-state index in [0.717, 1.165) is 12.2 Å². The third-order valence-corrected chi connectivity index (χ3v) is 7.90. The summed E-state index contributed by atoms with van der Waals surface area (Å²) in [5, 5.41) is 1.63. The van der Waals surface area contributed by atoms with Gasteiger partial charge in [-0.3, -0.25) is 0 Å². The second kappa shape index (κ2) is 3.96. The summed E-state index contributed by atoms with van der Waals surface area (Å²) in [5.41, 5.74) is 4.46. The van der Waals surface area contributed by atoms with Crippen LogP contribution in [0.5, 0.6) is 5.75 Å². The van der Waals surface area contributed by atoms with Crippen LogP contribution in [0.3, 0.4) is 0 Å². The van der Waals surface area contributed by atoms with Gasteiger partial charge in [0.2, 0.25) is 0 Å². The van der Waals surface area contributed by atoms with E-state index in [1.165, 1.54) is 30.1 Å². The fourth-order valence-corrected chi connectivity index (χ4v) is 6.21. The second-order valence-electron chi connectivity index (χ2n) is 5.02. The summed E-state index contributed by atoms with van der Waals surface area (Å²) in [6.07, 6.45) is 4.75. The Morgan fingerprint density at radius 2 is 2.06 bits per heavy atom. The van der Waals surface area contributed by atoms with Crippen LogP contribution in [0, 0.1) is 0 Å². The zero-order valence-electron chi connectivity index (χ0n) is 10.3. The standard InChI is InChI=1S/C14H17OPS/c1-15-11-4-5-12-10(9-11)3-6-14-13(12)7-8-16(14,2)17/h4-5,9H,3,6-8H2,1-2H3. The molecule has 0 saturated heterocycles. The summed E-state index contributed by atoms with van der Waals surface area (Å²) in [5.74, 6) is 0.974. The molecule has 1 heterocycles. The number of benzene rings is 1. The lowest BCUT2D eigenvalue weighted by atomic mass is 9.89. The van der Waals surface area contributed by atoms with Crippen molar-refractivity contribution in [1.82, 2.24) is 0 Å². The van der Waals surface area contributed by atoms with Gasteiger partial charge in [-0.15, -0.1) is 0 Å². The van der Waals surface area contributed by atoms with Gasteiger partial charge in [0, 0.05) is 0 Å². The third-order valence-electron chi connectivity index (χ3n) is 3.98. The van der Waals surface area contributed by atoms with Gasteiger partial charge < -0.3 is 4.74 Å². The van der Waals surface area contributed by atoms with E-state index in [9.17, 15) is 0 Å². The van der Waals surface area contributed by atoms with E-state index in [0.29, 0.717) is 0 Å². The number of fused-ring (bicyclic) bond motifs is 2. The largest absolute Gasteiger partial charge is 0.497 e. The average Bonchev–Trinajstić information content (AvgIpc) is 2.65. The van der Waals surface area contributed by atoms with E-state index in [-0.39, 0.29) is 0 Å². The van der Waals surface area contributed by atoms with E-state index in [4.69, 9.17) is 16.5 Å². The Labute approximate surface area is 108 Å². The van der Waals surface area contributed by atoms with Crippen LogP contribution < -0.4 is 4.74 Å². The predicted molar refractivity (Wildman–Crippen MR) is 77.9 cm³/mol. The van der Waals surface area contributed by atoms with Crippen LogP contribution in [0.15, 0.2) is 23.5 Å². The third kappa shape index (κ3) is 1.78. The van der Waals surface area contributed by atoms with Gasteiger partial charge in [0.05, 0.1) is 7.11 Å². The van der Waals surface area contributed by atoms with Crippen LogP contribution in [0.1, 0.15) is 24.0 Å². The van der Waals surface area contributed by atoms with Gasteiger partial charge in [-0.1, -0.05) is 17.9 Å². The Kier molecular flexibility index (Phi) is 2.68. The fraction of sp³-hybridized carbons (Fsp3) is 0.429. The first-order valence-corrected chi connectivity index (χ1v) is 9.52. The molecule has 1 aromatic rings. The van der Waals surface area contributed by atoms with Gasteiger partial charge in [-0.05, 0) is 72.3 Å². The van der Waals surface area contributed by atoms with Gasteiger partial charge in [0.1, 0.15) is 5.75 Å². The first-order valence-electron chi connectivity index (χ1n) is 6.08. The van der Waals surface area contributed by atoms with Crippen molar-refractivity contribution in [3.05, 3.63) is 34.6 Å². The van der Waals surface area contributed by atoms with Crippen molar-refractivity contribution in [2.24, 2.45) is 0 Å². The number of allylic oxidation sites excluding steroid dienone is 2. The molecule has 0 amide bonds. The second-order valence-corrected chi connectivity index (χ2v) is 10.6. The molecule has 17 heavy (non-hydrogen) atoms. The van der Waals surface area contributed by atoms with Crippen molar-refractivity contribution in [3.8, 4) is 5.75 Å². The van der Waals surface area contributed by atoms with Crippen molar-refractivity contribution in [2.75, 3.05) is 19.9 Å². The highest BCUT2D eigenvalue weighted by Gasteiger charge is 2.31. The molecule has 2 aliphatic rings. The van der Waals surface area contributed by atoms with E-state index >= 15 is 0 Å². The molecular formula is C14H17OPS. The molecule has 1 nitrogen and oxygen atoms in total. The van der Waals surface area contributed by atoms with E-state index in [1.54, 1.807) is 18.0 Å². The molecule has 3 heteroatoms. The lowest BCUT2D eigenvalue weighted by Crippen LogP contribution is -2.02. The lowest BCUT2D eigenvalue weighted by molar-refractivity contribution is 0.414. The maximum absolute atomic E-state index is 5.81. The summed E-state index contributed by atoms with van der Waals surface area (Å²) in [7, 11) is 1.73. The number of hydrogen-bond acceptors (Lipinski definition) is 2.